The Morgan fingerprint density at radius 2 is 1.87 bits per heavy atom. The smallest absolute Gasteiger partial charge is 0.214 e. The molecule has 1 heterocycles. The predicted octanol–water partition coefficient (Wildman–Crippen LogP) is 6.18. The highest BCUT2D eigenvalue weighted by atomic mass is 35.5. The number of aromatic nitrogens is 3. The van der Waals surface area contributed by atoms with Crippen molar-refractivity contribution >= 4 is 47.0 Å². The van der Waals surface area contributed by atoms with E-state index in [-0.39, 0.29) is 6.61 Å². The van der Waals surface area contributed by atoms with Gasteiger partial charge < -0.3 is 14.9 Å². The van der Waals surface area contributed by atoms with Gasteiger partial charge in [-0.05, 0) is 42.4 Å². The maximum atomic E-state index is 6.50. The molecule has 0 amide bonds. The third kappa shape index (κ3) is 5.40. The normalized spacial score (nSPS) is 10.8. The van der Waals surface area contributed by atoms with Crippen molar-refractivity contribution in [1.82, 2.24) is 14.9 Å². The molecular weight excluding hydrogens is 467 g/mol. The Morgan fingerprint density at radius 3 is 2.57 bits per heavy atom. The van der Waals surface area contributed by atoms with Gasteiger partial charge in [0.05, 0.1) is 13.7 Å². The lowest BCUT2D eigenvalue weighted by atomic mass is 10.2. The molecule has 2 aromatic carbocycles. The summed E-state index contributed by atoms with van der Waals surface area (Å²) in [6.45, 7) is 2.77. The third-order valence-corrected chi connectivity index (χ3v) is 5.59. The van der Waals surface area contributed by atoms with Crippen LogP contribution in [0.15, 0.2) is 30.3 Å². The first kappa shape index (κ1) is 22.7. The number of halogens is 3. The number of H-pyrrole nitrogens is 1. The molecule has 6 nitrogen and oxygen atoms in total. The highest BCUT2D eigenvalue weighted by molar-refractivity contribution is 7.71. The minimum absolute atomic E-state index is 0.255. The van der Waals surface area contributed by atoms with Gasteiger partial charge in [-0.1, -0.05) is 47.8 Å². The Labute approximate surface area is 195 Å². The molecule has 0 spiro atoms. The van der Waals surface area contributed by atoms with Crippen LogP contribution < -0.4 is 14.9 Å². The first-order chi connectivity index (χ1) is 14.4. The van der Waals surface area contributed by atoms with Crippen molar-refractivity contribution in [3.8, 4) is 11.5 Å². The average Bonchev–Trinajstić information content (AvgIpc) is 3.06. The molecule has 0 saturated carbocycles. The van der Waals surface area contributed by atoms with Crippen LogP contribution in [0.5, 0.6) is 11.5 Å². The van der Waals surface area contributed by atoms with Gasteiger partial charge in [-0.25, -0.2) is 4.68 Å². The van der Waals surface area contributed by atoms with Gasteiger partial charge in [-0.15, -0.1) is 0 Å². The van der Waals surface area contributed by atoms with Crippen LogP contribution in [-0.4, -0.2) is 22.0 Å². The minimum Gasteiger partial charge on any atom is -0.493 e. The molecule has 10 heteroatoms. The highest BCUT2D eigenvalue weighted by Crippen LogP contribution is 2.34. The largest absolute Gasteiger partial charge is 0.493 e. The van der Waals surface area contributed by atoms with Crippen molar-refractivity contribution < 1.29 is 9.47 Å². The lowest BCUT2D eigenvalue weighted by Crippen LogP contribution is -2.18. The van der Waals surface area contributed by atoms with E-state index in [0.717, 1.165) is 29.8 Å². The van der Waals surface area contributed by atoms with E-state index in [1.54, 1.807) is 30.0 Å². The Hall–Kier alpha value is -1.93. The van der Waals surface area contributed by atoms with Crippen LogP contribution >= 0.6 is 47.0 Å². The van der Waals surface area contributed by atoms with Crippen LogP contribution in [0.4, 0.5) is 0 Å². The predicted molar refractivity (Wildman–Crippen MR) is 123 cm³/mol. The monoisotopic (exact) mass is 486 g/mol. The first-order valence-corrected chi connectivity index (χ1v) is 10.8. The maximum absolute atomic E-state index is 6.50. The highest BCUT2D eigenvalue weighted by Gasteiger charge is 2.13. The molecule has 0 fully saturated rings. The summed E-state index contributed by atoms with van der Waals surface area (Å²) in [7, 11) is 1.58. The van der Waals surface area contributed by atoms with Gasteiger partial charge in [0.15, 0.2) is 17.3 Å². The van der Waals surface area contributed by atoms with Crippen molar-refractivity contribution in [2.75, 3.05) is 12.5 Å². The lowest BCUT2D eigenvalue weighted by molar-refractivity contribution is 0.284. The summed E-state index contributed by atoms with van der Waals surface area (Å²) in [5.74, 6) is 1.92. The molecule has 0 radical (unpaired) electrons. The molecule has 0 bridgehead atoms. The van der Waals surface area contributed by atoms with E-state index in [4.69, 9.17) is 56.5 Å². The number of benzene rings is 2. The number of nitrogens with one attached hydrogen (secondary N) is 2. The Bertz CT molecular complexity index is 1080. The third-order valence-electron chi connectivity index (χ3n) is 4.37. The fourth-order valence-electron chi connectivity index (χ4n) is 2.83. The number of ether oxygens (including phenoxy) is 2. The quantitative estimate of drug-likeness (QED) is 0.353. The van der Waals surface area contributed by atoms with Crippen LogP contribution in [0.1, 0.15) is 30.3 Å². The van der Waals surface area contributed by atoms with Crippen LogP contribution in [0.3, 0.4) is 0 Å². The molecule has 0 atom stereocenters. The van der Waals surface area contributed by atoms with Crippen LogP contribution in [0, 0.1) is 4.77 Å². The number of aromatic amines is 1. The van der Waals surface area contributed by atoms with E-state index in [9.17, 15) is 0 Å². The second kappa shape index (κ2) is 10.4. The van der Waals surface area contributed by atoms with Gasteiger partial charge in [-0.3, -0.25) is 5.10 Å². The molecule has 30 heavy (non-hydrogen) atoms. The maximum Gasteiger partial charge on any atom is 0.214 e. The van der Waals surface area contributed by atoms with Gasteiger partial charge in [0.2, 0.25) is 4.77 Å². The summed E-state index contributed by atoms with van der Waals surface area (Å²) in [6, 6.07) is 8.81. The number of nitrogens with zero attached hydrogens (tertiary/aromatic N) is 2. The molecule has 160 valence electrons. The van der Waals surface area contributed by atoms with Gasteiger partial charge in [-0.2, -0.15) is 5.10 Å². The number of hydrogen-bond donors (Lipinski definition) is 2. The fraction of sp³-hybridized carbons (Fsp3) is 0.300. The van der Waals surface area contributed by atoms with E-state index in [1.165, 1.54) is 0 Å². The Balaban J connectivity index is 1.75. The standard InChI is InChI=1S/C20H21Cl3N4O2S/c1-3-4-19-25-26-20(30)27(19)24-10-13-7-17(28-2)18(9-16(13)23)29-11-12-5-6-14(21)8-15(12)22/h5-9,24H,3-4,10-11H2,1-2H3,(H,26,30). The van der Waals surface area contributed by atoms with E-state index >= 15 is 0 Å². The molecule has 0 aliphatic rings. The molecule has 2 N–H and O–H groups in total. The van der Waals surface area contributed by atoms with Crippen molar-refractivity contribution in [1.29, 1.82) is 0 Å². The molecule has 3 rings (SSSR count). The van der Waals surface area contributed by atoms with Gasteiger partial charge in [0.1, 0.15) is 6.61 Å². The molecule has 3 aromatic rings. The minimum atomic E-state index is 0.255. The number of methoxy groups -OCH3 is 1. The van der Waals surface area contributed by atoms with Gasteiger partial charge >= 0.3 is 0 Å². The zero-order chi connectivity index (χ0) is 21.7. The van der Waals surface area contributed by atoms with E-state index < -0.39 is 0 Å². The van der Waals surface area contributed by atoms with Crippen molar-refractivity contribution in [3.05, 3.63) is 67.1 Å². The molecule has 0 saturated heterocycles. The molecule has 0 aliphatic carbocycles. The van der Waals surface area contributed by atoms with E-state index in [2.05, 4.69) is 22.5 Å². The van der Waals surface area contributed by atoms with E-state index in [1.807, 2.05) is 12.1 Å². The van der Waals surface area contributed by atoms with Crippen LogP contribution in [-0.2, 0) is 19.6 Å². The second-order valence-corrected chi connectivity index (χ2v) is 8.12. The van der Waals surface area contributed by atoms with Crippen molar-refractivity contribution in [2.45, 2.75) is 32.9 Å². The summed E-state index contributed by atoms with van der Waals surface area (Å²) in [6.07, 6.45) is 1.76. The Morgan fingerprint density at radius 1 is 1.10 bits per heavy atom. The zero-order valence-corrected chi connectivity index (χ0v) is 19.6. The summed E-state index contributed by atoms with van der Waals surface area (Å²) >= 11 is 23.9. The zero-order valence-electron chi connectivity index (χ0n) is 16.5. The number of aryl methyl sites for hydroxylation is 1. The summed E-state index contributed by atoms with van der Waals surface area (Å²) in [5.41, 5.74) is 4.89. The number of hydrogen-bond acceptors (Lipinski definition) is 5. The van der Waals surface area contributed by atoms with Crippen LogP contribution in [0.25, 0.3) is 0 Å². The molecule has 0 aliphatic heterocycles. The number of rotatable bonds is 9. The van der Waals surface area contributed by atoms with Gasteiger partial charge in [0, 0.05) is 33.1 Å². The summed E-state index contributed by atoms with van der Waals surface area (Å²) < 4.78 is 13.6. The topological polar surface area (TPSA) is 64.1 Å². The summed E-state index contributed by atoms with van der Waals surface area (Å²) in [4.78, 5) is 0. The SMILES string of the molecule is CCCc1n[nH]c(=S)n1NCc1cc(OC)c(OCc2ccc(Cl)cc2Cl)cc1Cl. The van der Waals surface area contributed by atoms with Gasteiger partial charge in [0.25, 0.3) is 0 Å². The second-order valence-electron chi connectivity index (χ2n) is 6.48. The summed E-state index contributed by atoms with van der Waals surface area (Å²) in [5, 5.41) is 8.68. The molecular formula is C20H21Cl3N4O2S. The fourth-order valence-corrected chi connectivity index (χ4v) is 3.73. The molecule has 1 aromatic heterocycles. The Kier molecular flexibility index (Phi) is 7.88. The first-order valence-electron chi connectivity index (χ1n) is 9.26. The molecule has 0 unspecified atom stereocenters. The lowest BCUT2D eigenvalue weighted by Gasteiger charge is -2.16. The van der Waals surface area contributed by atoms with Crippen molar-refractivity contribution in [2.24, 2.45) is 0 Å². The van der Waals surface area contributed by atoms with Crippen molar-refractivity contribution in [3.63, 3.8) is 0 Å². The van der Waals surface area contributed by atoms with Crippen LogP contribution in [0.2, 0.25) is 15.1 Å². The average molecular weight is 488 g/mol. The van der Waals surface area contributed by atoms with E-state index in [0.29, 0.717) is 37.9 Å².